The summed E-state index contributed by atoms with van der Waals surface area (Å²) >= 11 is 0. The Labute approximate surface area is 82.4 Å². The summed E-state index contributed by atoms with van der Waals surface area (Å²) in [6.45, 7) is 3.86. The Kier molecular flexibility index (Phi) is 3.23. The second-order valence-electron chi connectivity index (χ2n) is 3.67. The van der Waals surface area contributed by atoms with Crippen molar-refractivity contribution in [3.05, 3.63) is 35.1 Å². The van der Waals surface area contributed by atoms with Gasteiger partial charge in [-0.05, 0) is 24.5 Å². The molecule has 1 N–H and O–H groups in total. The molecule has 2 nitrogen and oxygen atoms in total. The van der Waals surface area contributed by atoms with E-state index in [4.69, 9.17) is 5.11 Å². The van der Waals surface area contributed by atoms with Crippen molar-refractivity contribution < 1.29 is 14.3 Å². The number of rotatable bonds is 3. The van der Waals surface area contributed by atoms with Crippen LogP contribution in [0.4, 0.5) is 4.39 Å². The second-order valence-corrected chi connectivity index (χ2v) is 3.67. The molecule has 0 fully saturated rings. The lowest BCUT2D eigenvalue weighted by molar-refractivity contribution is 0.0695. The van der Waals surface area contributed by atoms with Crippen LogP contribution in [0.15, 0.2) is 18.2 Å². The maximum absolute atomic E-state index is 13.3. The SMILES string of the molecule is CC(C)Cc1c(F)cccc1C(=O)O. The fourth-order valence-corrected chi connectivity index (χ4v) is 1.37. The van der Waals surface area contributed by atoms with E-state index in [1.165, 1.54) is 18.2 Å². The van der Waals surface area contributed by atoms with Crippen molar-refractivity contribution in [2.24, 2.45) is 5.92 Å². The van der Waals surface area contributed by atoms with Crippen LogP contribution in [-0.2, 0) is 6.42 Å². The number of aromatic carboxylic acids is 1. The Balaban J connectivity index is 3.15. The van der Waals surface area contributed by atoms with Gasteiger partial charge >= 0.3 is 5.97 Å². The van der Waals surface area contributed by atoms with Crippen LogP contribution in [0.5, 0.6) is 0 Å². The van der Waals surface area contributed by atoms with Gasteiger partial charge in [0.25, 0.3) is 0 Å². The van der Waals surface area contributed by atoms with E-state index in [2.05, 4.69) is 0 Å². The molecule has 14 heavy (non-hydrogen) atoms. The molecule has 0 atom stereocenters. The predicted molar refractivity (Wildman–Crippen MR) is 51.9 cm³/mol. The van der Waals surface area contributed by atoms with Crippen LogP contribution in [0.1, 0.15) is 29.8 Å². The molecule has 0 aliphatic carbocycles. The van der Waals surface area contributed by atoms with Crippen LogP contribution in [0.2, 0.25) is 0 Å². The van der Waals surface area contributed by atoms with Gasteiger partial charge < -0.3 is 5.11 Å². The van der Waals surface area contributed by atoms with Crippen molar-refractivity contribution in [2.45, 2.75) is 20.3 Å². The molecule has 1 rings (SSSR count). The molecule has 1 aromatic rings. The molecule has 0 spiro atoms. The van der Waals surface area contributed by atoms with Gasteiger partial charge in [0.2, 0.25) is 0 Å². The number of carboxylic acid groups (broad SMARTS) is 1. The number of hydrogen-bond donors (Lipinski definition) is 1. The van der Waals surface area contributed by atoms with Crippen LogP contribution in [-0.4, -0.2) is 11.1 Å². The van der Waals surface area contributed by atoms with Gasteiger partial charge in [-0.2, -0.15) is 0 Å². The largest absolute Gasteiger partial charge is 0.478 e. The molecule has 0 saturated carbocycles. The molecule has 76 valence electrons. The zero-order valence-corrected chi connectivity index (χ0v) is 8.25. The lowest BCUT2D eigenvalue weighted by Gasteiger charge is -2.09. The average molecular weight is 196 g/mol. The first-order valence-electron chi connectivity index (χ1n) is 4.53. The molecule has 0 aliphatic heterocycles. The van der Waals surface area contributed by atoms with E-state index in [1.54, 1.807) is 0 Å². The summed E-state index contributed by atoms with van der Waals surface area (Å²) in [6, 6.07) is 4.15. The summed E-state index contributed by atoms with van der Waals surface area (Å²) in [5, 5.41) is 8.84. The highest BCUT2D eigenvalue weighted by atomic mass is 19.1. The molecule has 0 saturated heterocycles. The molecule has 1 aromatic carbocycles. The van der Waals surface area contributed by atoms with Crippen LogP contribution in [0.3, 0.4) is 0 Å². The summed E-state index contributed by atoms with van der Waals surface area (Å²) in [5.74, 6) is -1.26. The van der Waals surface area contributed by atoms with Crippen LogP contribution in [0, 0.1) is 11.7 Å². The fourth-order valence-electron chi connectivity index (χ4n) is 1.37. The smallest absolute Gasteiger partial charge is 0.336 e. The van der Waals surface area contributed by atoms with Gasteiger partial charge in [0, 0.05) is 5.56 Å². The third-order valence-corrected chi connectivity index (χ3v) is 1.96. The number of carboxylic acids is 1. The summed E-state index contributed by atoms with van der Waals surface area (Å²) in [4.78, 5) is 10.8. The molecular formula is C11H13FO2. The van der Waals surface area contributed by atoms with E-state index >= 15 is 0 Å². The summed E-state index contributed by atoms with van der Waals surface area (Å²) in [5.41, 5.74) is 0.369. The van der Waals surface area contributed by atoms with E-state index in [0.29, 0.717) is 12.0 Å². The Morgan fingerprint density at radius 3 is 2.64 bits per heavy atom. The zero-order valence-electron chi connectivity index (χ0n) is 8.25. The first kappa shape index (κ1) is 10.7. The highest BCUT2D eigenvalue weighted by molar-refractivity contribution is 5.89. The number of benzene rings is 1. The van der Waals surface area contributed by atoms with E-state index < -0.39 is 11.8 Å². The van der Waals surface area contributed by atoms with Gasteiger partial charge in [-0.25, -0.2) is 9.18 Å². The van der Waals surface area contributed by atoms with Crippen molar-refractivity contribution in [2.75, 3.05) is 0 Å². The molecule has 0 radical (unpaired) electrons. The van der Waals surface area contributed by atoms with Crippen molar-refractivity contribution >= 4 is 5.97 Å². The summed E-state index contributed by atoms with van der Waals surface area (Å²) in [6.07, 6.45) is 0.453. The van der Waals surface area contributed by atoms with Crippen molar-refractivity contribution in [1.29, 1.82) is 0 Å². The molecule has 0 aliphatic rings. The standard InChI is InChI=1S/C11H13FO2/c1-7(2)6-9-8(11(13)14)4-3-5-10(9)12/h3-5,7H,6H2,1-2H3,(H,13,14). The third-order valence-electron chi connectivity index (χ3n) is 1.96. The van der Waals surface area contributed by atoms with Crippen LogP contribution >= 0.6 is 0 Å². The number of halogens is 1. The van der Waals surface area contributed by atoms with Gasteiger partial charge in [0.1, 0.15) is 5.82 Å². The summed E-state index contributed by atoms with van der Waals surface area (Å²) in [7, 11) is 0. The first-order valence-corrected chi connectivity index (χ1v) is 4.53. The van der Waals surface area contributed by atoms with E-state index in [-0.39, 0.29) is 11.5 Å². The minimum absolute atomic E-state index is 0.0682. The van der Waals surface area contributed by atoms with E-state index in [1.807, 2.05) is 13.8 Å². The average Bonchev–Trinajstić information content (AvgIpc) is 2.07. The minimum atomic E-state index is -1.07. The van der Waals surface area contributed by atoms with Gasteiger partial charge in [0.05, 0.1) is 5.56 Å². The maximum Gasteiger partial charge on any atom is 0.336 e. The molecule has 0 heterocycles. The molecule has 3 heteroatoms. The van der Waals surface area contributed by atoms with Crippen molar-refractivity contribution in [1.82, 2.24) is 0 Å². The zero-order chi connectivity index (χ0) is 10.7. The molecule has 0 aromatic heterocycles. The van der Waals surface area contributed by atoms with Gasteiger partial charge in [-0.15, -0.1) is 0 Å². The summed E-state index contributed by atoms with van der Waals surface area (Å²) < 4.78 is 13.3. The Morgan fingerprint density at radius 1 is 1.50 bits per heavy atom. The Morgan fingerprint density at radius 2 is 2.14 bits per heavy atom. The molecule has 0 amide bonds. The van der Waals surface area contributed by atoms with Gasteiger partial charge in [-0.1, -0.05) is 19.9 Å². The highest BCUT2D eigenvalue weighted by Gasteiger charge is 2.14. The van der Waals surface area contributed by atoms with Gasteiger partial charge in [0.15, 0.2) is 0 Å². The fraction of sp³-hybridized carbons (Fsp3) is 0.364. The lowest BCUT2D eigenvalue weighted by atomic mass is 9.97. The van der Waals surface area contributed by atoms with Crippen molar-refractivity contribution in [3.8, 4) is 0 Å². The topological polar surface area (TPSA) is 37.3 Å². The Hall–Kier alpha value is -1.38. The monoisotopic (exact) mass is 196 g/mol. The second kappa shape index (κ2) is 4.22. The quantitative estimate of drug-likeness (QED) is 0.807. The number of carbonyl (C=O) groups is 1. The third kappa shape index (κ3) is 2.31. The minimum Gasteiger partial charge on any atom is -0.478 e. The van der Waals surface area contributed by atoms with Crippen LogP contribution < -0.4 is 0 Å². The van der Waals surface area contributed by atoms with E-state index in [9.17, 15) is 9.18 Å². The van der Waals surface area contributed by atoms with Crippen LogP contribution in [0.25, 0.3) is 0 Å². The number of hydrogen-bond acceptors (Lipinski definition) is 1. The Bertz CT molecular complexity index is 345. The molecular weight excluding hydrogens is 183 g/mol. The van der Waals surface area contributed by atoms with E-state index in [0.717, 1.165) is 0 Å². The lowest BCUT2D eigenvalue weighted by Crippen LogP contribution is -2.07. The highest BCUT2D eigenvalue weighted by Crippen LogP contribution is 2.17. The normalized spacial score (nSPS) is 10.6. The molecule has 0 bridgehead atoms. The van der Waals surface area contributed by atoms with Crippen molar-refractivity contribution in [3.63, 3.8) is 0 Å². The maximum atomic E-state index is 13.3. The molecule has 0 unspecified atom stereocenters. The predicted octanol–water partition coefficient (Wildman–Crippen LogP) is 2.72. The van der Waals surface area contributed by atoms with Gasteiger partial charge in [-0.3, -0.25) is 0 Å². The first-order chi connectivity index (χ1) is 6.52.